The second kappa shape index (κ2) is 6.39. The van der Waals surface area contributed by atoms with E-state index in [4.69, 9.17) is 0 Å². The third-order valence-corrected chi connectivity index (χ3v) is 6.10. The van der Waals surface area contributed by atoms with Crippen LogP contribution in [-0.4, -0.2) is 20.8 Å². The lowest BCUT2D eigenvalue weighted by Crippen LogP contribution is -2.28. The Kier molecular flexibility index (Phi) is 4.19. The molecule has 134 valence electrons. The van der Waals surface area contributed by atoms with E-state index in [-0.39, 0.29) is 23.7 Å². The van der Waals surface area contributed by atoms with E-state index in [1.807, 2.05) is 0 Å². The number of fused-ring (bicyclic) bond motifs is 3. The van der Waals surface area contributed by atoms with Crippen molar-refractivity contribution in [3.05, 3.63) is 55.9 Å². The van der Waals surface area contributed by atoms with Gasteiger partial charge in [-0.2, -0.15) is 0 Å². The first-order valence-electron chi connectivity index (χ1n) is 8.61. The molecule has 0 bridgehead atoms. The highest BCUT2D eigenvalue weighted by molar-refractivity contribution is 7.18. The molecule has 1 unspecified atom stereocenters. The van der Waals surface area contributed by atoms with Gasteiger partial charge in [0.15, 0.2) is 10.6 Å². The van der Waals surface area contributed by atoms with Gasteiger partial charge in [-0.3, -0.25) is 9.59 Å². The SMILES string of the molecule is Cc1cc(C(=O)Cn2nnc3sc4c(c3c2=O)CCC(C)C4)ccc1F. The van der Waals surface area contributed by atoms with Crippen LogP contribution < -0.4 is 5.56 Å². The van der Waals surface area contributed by atoms with Gasteiger partial charge in [-0.15, -0.1) is 16.4 Å². The van der Waals surface area contributed by atoms with Gasteiger partial charge in [0.1, 0.15) is 12.4 Å². The van der Waals surface area contributed by atoms with E-state index in [9.17, 15) is 14.0 Å². The number of thiophene rings is 1. The number of ketones is 1. The lowest BCUT2D eigenvalue weighted by atomic mass is 9.89. The Morgan fingerprint density at radius 2 is 2.23 bits per heavy atom. The van der Waals surface area contributed by atoms with Crippen molar-refractivity contribution in [1.82, 2.24) is 15.0 Å². The number of aromatic nitrogens is 3. The average molecular weight is 371 g/mol. The molecule has 0 saturated heterocycles. The first-order valence-corrected chi connectivity index (χ1v) is 9.43. The number of carbonyl (C=O) groups is 1. The summed E-state index contributed by atoms with van der Waals surface area (Å²) in [4.78, 5) is 27.2. The van der Waals surface area contributed by atoms with Gasteiger partial charge in [0.05, 0.1) is 5.39 Å². The molecule has 1 atom stereocenters. The zero-order chi connectivity index (χ0) is 18.4. The molecule has 1 aromatic carbocycles. The average Bonchev–Trinajstić information content (AvgIpc) is 2.97. The van der Waals surface area contributed by atoms with Crippen molar-refractivity contribution in [3.8, 4) is 0 Å². The lowest BCUT2D eigenvalue weighted by molar-refractivity contribution is 0.0964. The molecule has 0 spiro atoms. The zero-order valence-electron chi connectivity index (χ0n) is 14.6. The van der Waals surface area contributed by atoms with Crippen LogP contribution in [0.15, 0.2) is 23.0 Å². The number of hydrogen-bond donors (Lipinski definition) is 0. The highest BCUT2D eigenvalue weighted by Gasteiger charge is 2.24. The van der Waals surface area contributed by atoms with Gasteiger partial charge in [0.25, 0.3) is 5.56 Å². The summed E-state index contributed by atoms with van der Waals surface area (Å²) >= 11 is 1.53. The Morgan fingerprint density at radius 3 is 3.00 bits per heavy atom. The molecule has 0 aliphatic heterocycles. The fraction of sp³-hybridized carbons (Fsp3) is 0.368. The van der Waals surface area contributed by atoms with Crippen molar-refractivity contribution in [2.75, 3.05) is 0 Å². The van der Waals surface area contributed by atoms with Crippen molar-refractivity contribution in [1.29, 1.82) is 0 Å². The number of halogens is 1. The van der Waals surface area contributed by atoms with Crippen LogP contribution >= 0.6 is 11.3 Å². The summed E-state index contributed by atoms with van der Waals surface area (Å²) in [5, 5.41) is 8.72. The first-order chi connectivity index (χ1) is 12.4. The van der Waals surface area contributed by atoms with E-state index in [2.05, 4.69) is 17.2 Å². The minimum Gasteiger partial charge on any atom is -0.292 e. The quantitative estimate of drug-likeness (QED) is 0.663. The largest absolute Gasteiger partial charge is 0.292 e. The van der Waals surface area contributed by atoms with Crippen LogP contribution in [0.25, 0.3) is 10.2 Å². The molecule has 7 heteroatoms. The maximum absolute atomic E-state index is 13.4. The number of carbonyl (C=O) groups excluding carboxylic acids is 1. The monoisotopic (exact) mass is 371 g/mol. The zero-order valence-corrected chi connectivity index (χ0v) is 15.4. The highest BCUT2D eigenvalue weighted by Crippen LogP contribution is 2.35. The molecule has 0 radical (unpaired) electrons. The third-order valence-electron chi connectivity index (χ3n) is 4.96. The van der Waals surface area contributed by atoms with Crippen LogP contribution in [0.4, 0.5) is 4.39 Å². The number of Topliss-reactive ketones (excluding diaryl/α,β-unsaturated/α-hetero) is 1. The molecule has 2 heterocycles. The van der Waals surface area contributed by atoms with Crippen LogP contribution in [0, 0.1) is 18.7 Å². The summed E-state index contributed by atoms with van der Waals surface area (Å²) in [5.41, 5.74) is 1.56. The summed E-state index contributed by atoms with van der Waals surface area (Å²) in [6, 6.07) is 4.18. The minimum atomic E-state index is -0.362. The smallest absolute Gasteiger partial charge is 0.279 e. The van der Waals surface area contributed by atoms with Crippen LogP contribution in [-0.2, 0) is 19.4 Å². The number of aryl methyl sites for hydroxylation is 2. The lowest BCUT2D eigenvalue weighted by Gasteiger charge is -2.17. The minimum absolute atomic E-state index is 0.201. The molecule has 4 rings (SSSR count). The van der Waals surface area contributed by atoms with Gasteiger partial charge in [-0.1, -0.05) is 12.1 Å². The van der Waals surface area contributed by atoms with Gasteiger partial charge in [0, 0.05) is 10.4 Å². The van der Waals surface area contributed by atoms with Crippen molar-refractivity contribution in [3.63, 3.8) is 0 Å². The summed E-state index contributed by atoms with van der Waals surface area (Å²) in [5.74, 6) is -0.0466. The van der Waals surface area contributed by atoms with Crippen molar-refractivity contribution >= 4 is 27.3 Å². The molecule has 2 aromatic heterocycles. The topological polar surface area (TPSA) is 64.8 Å². The number of benzene rings is 1. The van der Waals surface area contributed by atoms with Gasteiger partial charge in [-0.25, -0.2) is 9.07 Å². The molecule has 1 aliphatic rings. The van der Waals surface area contributed by atoms with Gasteiger partial charge < -0.3 is 0 Å². The maximum atomic E-state index is 13.4. The second-order valence-electron chi connectivity index (χ2n) is 6.97. The van der Waals surface area contributed by atoms with Gasteiger partial charge >= 0.3 is 0 Å². The van der Waals surface area contributed by atoms with E-state index < -0.39 is 0 Å². The molecular formula is C19H18FN3O2S. The molecule has 26 heavy (non-hydrogen) atoms. The fourth-order valence-electron chi connectivity index (χ4n) is 3.44. The normalized spacial score (nSPS) is 16.7. The van der Waals surface area contributed by atoms with Crippen molar-refractivity contribution < 1.29 is 9.18 Å². The summed E-state index contributed by atoms with van der Waals surface area (Å²) in [6.45, 7) is 3.61. The molecule has 0 N–H and O–H groups in total. The summed E-state index contributed by atoms with van der Waals surface area (Å²) in [7, 11) is 0. The number of hydrogen-bond acceptors (Lipinski definition) is 5. The predicted molar refractivity (Wildman–Crippen MR) is 98.3 cm³/mol. The van der Waals surface area contributed by atoms with Gasteiger partial charge in [-0.05, 0) is 61.4 Å². The Labute approximate surface area is 153 Å². The standard InChI is InChI=1S/C19H18FN3O2S/c1-10-3-5-13-16(7-10)26-18-17(13)19(25)23(22-21-18)9-15(24)12-4-6-14(20)11(2)8-12/h4,6,8,10H,3,5,7,9H2,1-2H3. The molecule has 3 aromatic rings. The molecule has 5 nitrogen and oxygen atoms in total. The Morgan fingerprint density at radius 1 is 1.42 bits per heavy atom. The second-order valence-corrected chi connectivity index (χ2v) is 8.05. The number of nitrogens with zero attached hydrogens (tertiary/aromatic N) is 3. The van der Waals surface area contributed by atoms with Gasteiger partial charge in [0.2, 0.25) is 0 Å². The van der Waals surface area contributed by atoms with E-state index in [0.717, 1.165) is 29.5 Å². The van der Waals surface area contributed by atoms with Crippen LogP contribution in [0.5, 0.6) is 0 Å². The van der Waals surface area contributed by atoms with Crippen LogP contribution in [0.2, 0.25) is 0 Å². The molecular weight excluding hydrogens is 353 g/mol. The van der Waals surface area contributed by atoms with E-state index in [1.54, 1.807) is 6.92 Å². The Balaban J connectivity index is 1.71. The van der Waals surface area contributed by atoms with Crippen molar-refractivity contribution in [2.24, 2.45) is 5.92 Å². The first kappa shape index (κ1) is 17.0. The highest BCUT2D eigenvalue weighted by atomic mass is 32.1. The molecule has 0 fully saturated rings. The molecule has 0 amide bonds. The van der Waals surface area contributed by atoms with Crippen LogP contribution in [0.1, 0.15) is 39.7 Å². The number of rotatable bonds is 3. The summed E-state index contributed by atoms with van der Waals surface area (Å²) < 4.78 is 14.5. The van der Waals surface area contributed by atoms with Crippen LogP contribution in [0.3, 0.4) is 0 Å². The van der Waals surface area contributed by atoms with E-state index in [0.29, 0.717) is 27.3 Å². The Hall–Kier alpha value is -2.41. The predicted octanol–water partition coefficient (Wildman–Crippen LogP) is 3.31. The van der Waals surface area contributed by atoms with Crippen molar-refractivity contribution in [2.45, 2.75) is 39.7 Å². The molecule has 0 saturated carbocycles. The fourth-order valence-corrected chi connectivity index (χ4v) is 4.76. The van der Waals surface area contributed by atoms with E-state index >= 15 is 0 Å². The Bertz CT molecular complexity index is 1090. The summed E-state index contributed by atoms with van der Waals surface area (Å²) in [6.07, 6.45) is 2.88. The maximum Gasteiger partial charge on any atom is 0.279 e. The third kappa shape index (κ3) is 2.86. The molecule has 1 aliphatic carbocycles. The van der Waals surface area contributed by atoms with E-state index in [1.165, 1.54) is 34.4 Å².